The van der Waals surface area contributed by atoms with Crippen molar-refractivity contribution in [2.24, 2.45) is 11.8 Å². The molecule has 0 radical (unpaired) electrons. The SMILES string of the molecule is CCCOCC1CCC(CCc2ccc(C#Cc3ccc(Cl)cc3F)cc2)CC1. The molecule has 0 heterocycles. The molecule has 0 aromatic heterocycles. The summed E-state index contributed by atoms with van der Waals surface area (Å²) in [6.07, 6.45) is 8.75. The molecular weight excluding hydrogens is 383 g/mol. The molecule has 2 aromatic carbocycles. The van der Waals surface area contributed by atoms with Gasteiger partial charge in [0.2, 0.25) is 0 Å². The second-order valence-corrected chi connectivity index (χ2v) is 8.51. The highest BCUT2D eigenvalue weighted by Crippen LogP contribution is 2.31. The smallest absolute Gasteiger partial charge is 0.140 e. The Hall–Kier alpha value is -1.82. The van der Waals surface area contributed by atoms with E-state index >= 15 is 0 Å². The van der Waals surface area contributed by atoms with Crippen molar-refractivity contribution in [2.75, 3.05) is 13.2 Å². The third-order valence-electron chi connectivity index (χ3n) is 5.74. The number of hydrogen-bond donors (Lipinski definition) is 0. The van der Waals surface area contributed by atoms with E-state index in [-0.39, 0.29) is 5.82 Å². The molecule has 0 N–H and O–H groups in total. The zero-order chi connectivity index (χ0) is 20.5. The molecule has 3 rings (SSSR count). The molecule has 1 fully saturated rings. The fraction of sp³-hybridized carbons (Fsp3) is 0.462. The Morgan fingerprint density at radius 2 is 1.72 bits per heavy atom. The van der Waals surface area contributed by atoms with E-state index in [1.807, 2.05) is 12.1 Å². The molecule has 29 heavy (non-hydrogen) atoms. The third kappa shape index (κ3) is 7.18. The molecule has 1 aliphatic carbocycles. The zero-order valence-electron chi connectivity index (χ0n) is 17.2. The number of benzene rings is 2. The molecule has 0 bridgehead atoms. The summed E-state index contributed by atoms with van der Waals surface area (Å²) >= 11 is 5.78. The Bertz CT molecular complexity index is 826. The Balaban J connectivity index is 1.44. The molecule has 0 amide bonds. The van der Waals surface area contributed by atoms with Crippen molar-refractivity contribution in [1.29, 1.82) is 0 Å². The van der Waals surface area contributed by atoms with E-state index in [2.05, 4.69) is 30.9 Å². The molecule has 0 unspecified atom stereocenters. The highest BCUT2D eigenvalue weighted by Gasteiger charge is 2.21. The number of halogens is 2. The maximum atomic E-state index is 13.8. The van der Waals surface area contributed by atoms with E-state index in [9.17, 15) is 4.39 Å². The molecule has 0 aliphatic heterocycles. The fourth-order valence-corrected chi connectivity index (χ4v) is 4.10. The topological polar surface area (TPSA) is 9.23 Å². The van der Waals surface area contributed by atoms with Gasteiger partial charge in [0, 0.05) is 23.8 Å². The molecule has 1 aliphatic rings. The third-order valence-corrected chi connectivity index (χ3v) is 5.97. The summed E-state index contributed by atoms with van der Waals surface area (Å²) in [5, 5.41) is 0.385. The monoisotopic (exact) mass is 412 g/mol. The summed E-state index contributed by atoms with van der Waals surface area (Å²) in [5.41, 5.74) is 2.62. The fourth-order valence-electron chi connectivity index (χ4n) is 3.94. The molecule has 0 saturated heterocycles. The first-order valence-electron chi connectivity index (χ1n) is 10.8. The minimum atomic E-state index is -0.381. The zero-order valence-corrected chi connectivity index (χ0v) is 18.0. The average Bonchev–Trinajstić information content (AvgIpc) is 2.73. The number of rotatable bonds is 7. The Kier molecular flexibility index (Phi) is 8.59. The minimum Gasteiger partial charge on any atom is -0.381 e. The lowest BCUT2D eigenvalue weighted by molar-refractivity contribution is 0.0774. The van der Waals surface area contributed by atoms with Crippen LogP contribution in [-0.2, 0) is 11.2 Å². The summed E-state index contributed by atoms with van der Waals surface area (Å²) < 4.78 is 19.5. The standard InChI is InChI=1S/C26H30ClFO/c1-2-17-29-19-23-11-9-21(10-12-23)4-3-20-5-7-22(8-6-20)13-14-24-15-16-25(27)18-26(24)28/h5-8,15-16,18,21,23H,2-4,9-12,17,19H2,1H3. The van der Waals surface area contributed by atoms with E-state index in [0.29, 0.717) is 10.6 Å². The van der Waals surface area contributed by atoms with Crippen molar-refractivity contribution in [3.63, 3.8) is 0 Å². The van der Waals surface area contributed by atoms with Gasteiger partial charge in [-0.05, 0) is 79.8 Å². The first-order valence-corrected chi connectivity index (χ1v) is 11.2. The molecule has 2 aromatic rings. The van der Waals surface area contributed by atoms with Gasteiger partial charge in [-0.2, -0.15) is 0 Å². The normalized spacial score (nSPS) is 18.9. The second kappa shape index (κ2) is 11.4. The van der Waals surface area contributed by atoms with Crippen LogP contribution in [0.3, 0.4) is 0 Å². The Morgan fingerprint density at radius 3 is 2.41 bits per heavy atom. The van der Waals surface area contributed by atoms with Crippen LogP contribution in [0.15, 0.2) is 42.5 Å². The van der Waals surface area contributed by atoms with Gasteiger partial charge in [0.15, 0.2) is 0 Å². The number of hydrogen-bond acceptors (Lipinski definition) is 1. The van der Waals surface area contributed by atoms with Crippen molar-refractivity contribution in [1.82, 2.24) is 0 Å². The van der Waals surface area contributed by atoms with Gasteiger partial charge in [0.05, 0.1) is 5.56 Å². The number of aryl methyl sites for hydroxylation is 1. The Morgan fingerprint density at radius 1 is 1.00 bits per heavy atom. The van der Waals surface area contributed by atoms with Crippen LogP contribution in [0.2, 0.25) is 5.02 Å². The van der Waals surface area contributed by atoms with Crippen LogP contribution < -0.4 is 0 Å². The first kappa shape index (κ1) is 21.9. The predicted molar refractivity (Wildman–Crippen MR) is 119 cm³/mol. The van der Waals surface area contributed by atoms with E-state index in [1.165, 1.54) is 43.7 Å². The first-order chi connectivity index (χ1) is 14.1. The molecule has 1 saturated carbocycles. The van der Waals surface area contributed by atoms with Crippen LogP contribution in [0.1, 0.15) is 62.1 Å². The molecule has 3 heteroatoms. The summed E-state index contributed by atoms with van der Waals surface area (Å²) in [6, 6.07) is 12.9. The van der Waals surface area contributed by atoms with E-state index < -0.39 is 0 Å². The highest BCUT2D eigenvalue weighted by atomic mass is 35.5. The lowest BCUT2D eigenvalue weighted by atomic mass is 9.80. The maximum Gasteiger partial charge on any atom is 0.140 e. The van der Waals surface area contributed by atoms with Crippen molar-refractivity contribution >= 4 is 11.6 Å². The van der Waals surface area contributed by atoms with Gasteiger partial charge < -0.3 is 4.74 Å². The molecular formula is C26H30ClFO. The van der Waals surface area contributed by atoms with Crippen molar-refractivity contribution < 1.29 is 9.13 Å². The van der Waals surface area contributed by atoms with Gasteiger partial charge in [0.1, 0.15) is 5.82 Å². The maximum absolute atomic E-state index is 13.8. The van der Waals surface area contributed by atoms with Crippen molar-refractivity contribution in [3.8, 4) is 11.8 Å². The van der Waals surface area contributed by atoms with E-state index in [0.717, 1.165) is 43.5 Å². The largest absolute Gasteiger partial charge is 0.381 e. The van der Waals surface area contributed by atoms with Gasteiger partial charge in [-0.25, -0.2) is 4.39 Å². The van der Waals surface area contributed by atoms with E-state index in [1.54, 1.807) is 12.1 Å². The molecule has 154 valence electrons. The number of ether oxygens (including phenoxy) is 1. The van der Waals surface area contributed by atoms with Gasteiger partial charge in [-0.1, -0.05) is 55.3 Å². The van der Waals surface area contributed by atoms with Crippen LogP contribution in [0.25, 0.3) is 0 Å². The van der Waals surface area contributed by atoms with Crippen LogP contribution in [-0.4, -0.2) is 13.2 Å². The summed E-state index contributed by atoms with van der Waals surface area (Å²) in [4.78, 5) is 0. The summed E-state index contributed by atoms with van der Waals surface area (Å²) in [7, 11) is 0. The Labute approximate surface area is 179 Å². The minimum absolute atomic E-state index is 0.370. The predicted octanol–water partition coefficient (Wildman–Crippen LogP) is 7.04. The van der Waals surface area contributed by atoms with Crippen LogP contribution in [0, 0.1) is 29.5 Å². The van der Waals surface area contributed by atoms with Gasteiger partial charge in [-0.15, -0.1) is 0 Å². The van der Waals surface area contributed by atoms with Crippen molar-refractivity contribution in [2.45, 2.75) is 51.9 Å². The lowest BCUT2D eigenvalue weighted by Crippen LogP contribution is -2.19. The van der Waals surface area contributed by atoms with Crippen LogP contribution >= 0.6 is 11.6 Å². The van der Waals surface area contributed by atoms with Gasteiger partial charge >= 0.3 is 0 Å². The van der Waals surface area contributed by atoms with Crippen LogP contribution in [0.5, 0.6) is 0 Å². The average molecular weight is 413 g/mol. The highest BCUT2D eigenvalue weighted by molar-refractivity contribution is 6.30. The van der Waals surface area contributed by atoms with Gasteiger partial charge in [0.25, 0.3) is 0 Å². The summed E-state index contributed by atoms with van der Waals surface area (Å²) in [6.45, 7) is 4.01. The van der Waals surface area contributed by atoms with Gasteiger partial charge in [-0.3, -0.25) is 0 Å². The van der Waals surface area contributed by atoms with E-state index in [4.69, 9.17) is 16.3 Å². The lowest BCUT2D eigenvalue weighted by Gasteiger charge is -2.28. The van der Waals surface area contributed by atoms with Crippen LogP contribution in [0.4, 0.5) is 4.39 Å². The quantitative estimate of drug-likeness (QED) is 0.350. The van der Waals surface area contributed by atoms with Crippen molar-refractivity contribution in [3.05, 3.63) is 70.0 Å². The molecule has 0 spiro atoms. The molecule has 1 nitrogen and oxygen atoms in total. The molecule has 0 atom stereocenters. The summed E-state index contributed by atoms with van der Waals surface area (Å²) in [5.74, 6) is 7.14. The second-order valence-electron chi connectivity index (χ2n) is 8.07.